The molecule has 0 unspecified atom stereocenters. The van der Waals surface area contributed by atoms with Crippen LogP contribution in [-0.2, 0) is 6.54 Å². The lowest BCUT2D eigenvalue weighted by molar-refractivity contribution is 0.340. The van der Waals surface area contributed by atoms with Crippen molar-refractivity contribution in [3.63, 3.8) is 0 Å². The standard InChI is InChI=1S/C16H18BrNO2/c1-3-20-15-6-4-5-12(7-15)11-18-14-8-13(17)9-16(10-14)19-2/h4-10,18H,3,11H2,1-2H3. The summed E-state index contributed by atoms with van der Waals surface area (Å²) in [6.07, 6.45) is 0. The molecule has 2 rings (SSSR count). The first-order valence-electron chi connectivity index (χ1n) is 6.51. The van der Waals surface area contributed by atoms with Crippen molar-refractivity contribution < 1.29 is 9.47 Å². The molecule has 0 aliphatic rings. The second kappa shape index (κ2) is 7.20. The summed E-state index contributed by atoms with van der Waals surface area (Å²) in [5.74, 6) is 1.73. The molecule has 0 spiro atoms. The molecule has 3 nitrogen and oxygen atoms in total. The van der Waals surface area contributed by atoms with Gasteiger partial charge in [-0.25, -0.2) is 0 Å². The van der Waals surface area contributed by atoms with Gasteiger partial charge in [-0.2, -0.15) is 0 Å². The molecular weight excluding hydrogens is 318 g/mol. The minimum atomic E-state index is 0.680. The number of benzene rings is 2. The second-order valence-electron chi connectivity index (χ2n) is 4.31. The number of halogens is 1. The Kier molecular flexibility index (Phi) is 5.30. The predicted molar refractivity (Wildman–Crippen MR) is 85.6 cm³/mol. The smallest absolute Gasteiger partial charge is 0.122 e. The van der Waals surface area contributed by atoms with Crippen LogP contribution in [0, 0.1) is 0 Å². The molecule has 1 N–H and O–H groups in total. The summed E-state index contributed by atoms with van der Waals surface area (Å²) in [6, 6.07) is 14.0. The highest BCUT2D eigenvalue weighted by Crippen LogP contribution is 2.25. The molecule has 4 heteroatoms. The first kappa shape index (κ1) is 14.7. The Bertz CT molecular complexity index is 572. The van der Waals surface area contributed by atoms with Crippen molar-refractivity contribution in [3.05, 3.63) is 52.5 Å². The van der Waals surface area contributed by atoms with Crippen LogP contribution in [-0.4, -0.2) is 13.7 Å². The van der Waals surface area contributed by atoms with E-state index in [-0.39, 0.29) is 0 Å². The quantitative estimate of drug-likeness (QED) is 0.844. The maximum absolute atomic E-state index is 5.50. The van der Waals surface area contributed by atoms with Crippen LogP contribution in [0.3, 0.4) is 0 Å². The molecule has 0 aliphatic carbocycles. The summed E-state index contributed by atoms with van der Waals surface area (Å²) >= 11 is 3.47. The average molecular weight is 336 g/mol. The van der Waals surface area contributed by atoms with Gasteiger partial charge in [-0.05, 0) is 36.8 Å². The van der Waals surface area contributed by atoms with Crippen LogP contribution in [0.25, 0.3) is 0 Å². The molecule has 0 radical (unpaired) electrons. The highest BCUT2D eigenvalue weighted by Gasteiger charge is 2.01. The Labute approximate surface area is 128 Å². The topological polar surface area (TPSA) is 30.5 Å². The van der Waals surface area contributed by atoms with Gasteiger partial charge in [-0.15, -0.1) is 0 Å². The monoisotopic (exact) mass is 335 g/mol. The molecule has 0 aliphatic heterocycles. The molecule has 0 amide bonds. The maximum Gasteiger partial charge on any atom is 0.122 e. The third kappa shape index (κ3) is 4.17. The van der Waals surface area contributed by atoms with Gasteiger partial charge >= 0.3 is 0 Å². The van der Waals surface area contributed by atoms with Gasteiger partial charge in [0, 0.05) is 22.8 Å². The zero-order chi connectivity index (χ0) is 14.4. The van der Waals surface area contributed by atoms with Crippen molar-refractivity contribution in [1.82, 2.24) is 0 Å². The van der Waals surface area contributed by atoms with Gasteiger partial charge in [0.25, 0.3) is 0 Å². The minimum Gasteiger partial charge on any atom is -0.497 e. The van der Waals surface area contributed by atoms with E-state index in [0.29, 0.717) is 6.61 Å². The van der Waals surface area contributed by atoms with Crippen molar-refractivity contribution in [1.29, 1.82) is 0 Å². The Morgan fingerprint density at radius 2 is 1.95 bits per heavy atom. The third-order valence-corrected chi connectivity index (χ3v) is 3.27. The van der Waals surface area contributed by atoms with E-state index in [1.807, 2.05) is 43.3 Å². The van der Waals surface area contributed by atoms with E-state index in [0.717, 1.165) is 28.2 Å². The van der Waals surface area contributed by atoms with Crippen LogP contribution in [0.5, 0.6) is 11.5 Å². The van der Waals surface area contributed by atoms with Gasteiger partial charge in [0.2, 0.25) is 0 Å². The Morgan fingerprint density at radius 3 is 2.70 bits per heavy atom. The van der Waals surface area contributed by atoms with Gasteiger partial charge in [-0.3, -0.25) is 0 Å². The molecule has 0 aromatic heterocycles. The van der Waals surface area contributed by atoms with E-state index in [4.69, 9.17) is 9.47 Å². The van der Waals surface area contributed by atoms with Gasteiger partial charge in [0.15, 0.2) is 0 Å². The average Bonchev–Trinajstić information content (AvgIpc) is 2.45. The summed E-state index contributed by atoms with van der Waals surface area (Å²) in [5.41, 5.74) is 2.19. The molecule has 0 heterocycles. The zero-order valence-corrected chi connectivity index (χ0v) is 13.2. The Balaban J connectivity index is 2.04. The van der Waals surface area contributed by atoms with Crippen LogP contribution in [0.4, 0.5) is 5.69 Å². The lowest BCUT2D eigenvalue weighted by Crippen LogP contribution is -2.00. The summed E-state index contributed by atoms with van der Waals surface area (Å²) in [6.45, 7) is 3.40. The molecule has 0 saturated carbocycles. The van der Waals surface area contributed by atoms with Crippen molar-refractivity contribution in [3.8, 4) is 11.5 Å². The fourth-order valence-corrected chi connectivity index (χ4v) is 2.37. The largest absolute Gasteiger partial charge is 0.497 e. The fraction of sp³-hybridized carbons (Fsp3) is 0.250. The molecule has 106 valence electrons. The number of rotatable bonds is 6. The molecule has 0 fully saturated rings. The number of nitrogens with one attached hydrogen (secondary N) is 1. The minimum absolute atomic E-state index is 0.680. The Morgan fingerprint density at radius 1 is 1.10 bits per heavy atom. The maximum atomic E-state index is 5.50. The molecule has 0 saturated heterocycles. The second-order valence-corrected chi connectivity index (χ2v) is 5.23. The third-order valence-electron chi connectivity index (χ3n) is 2.81. The van der Waals surface area contributed by atoms with Crippen LogP contribution in [0.1, 0.15) is 12.5 Å². The SMILES string of the molecule is CCOc1cccc(CNc2cc(Br)cc(OC)c2)c1. The first-order chi connectivity index (χ1) is 9.71. The Hall–Kier alpha value is -1.68. The summed E-state index contributed by atoms with van der Waals surface area (Å²) in [5, 5.41) is 3.38. The van der Waals surface area contributed by atoms with Gasteiger partial charge in [0.05, 0.1) is 13.7 Å². The van der Waals surface area contributed by atoms with Crippen LogP contribution >= 0.6 is 15.9 Å². The summed E-state index contributed by atoms with van der Waals surface area (Å²) in [4.78, 5) is 0. The van der Waals surface area contributed by atoms with Gasteiger partial charge in [0.1, 0.15) is 11.5 Å². The number of hydrogen-bond donors (Lipinski definition) is 1. The predicted octanol–water partition coefficient (Wildman–Crippen LogP) is 4.47. The zero-order valence-electron chi connectivity index (χ0n) is 11.7. The van der Waals surface area contributed by atoms with Gasteiger partial charge < -0.3 is 14.8 Å². The van der Waals surface area contributed by atoms with E-state index in [2.05, 4.69) is 27.3 Å². The van der Waals surface area contributed by atoms with Crippen molar-refractivity contribution in [2.24, 2.45) is 0 Å². The van der Waals surface area contributed by atoms with E-state index in [1.54, 1.807) is 7.11 Å². The highest BCUT2D eigenvalue weighted by atomic mass is 79.9. The molecule has 0 bridgehead atoms. The summed E-state index contributed by atoms with van der Waals surface area (Å²) < 4.78 is 11.7. The molecular formula is C16H18BrNO2. The summed E-state index contributed by atoms with van der Waals surface area (Å²) in [7, 11) is 1.66. The van der Waals surface area contributed by atoms with E-state index < -0.39 is 0 Å². The number of methoxy groups -OCH3 is 1. The molecule has 2 aromatic carbocycles. The molecule has 0 atom stereocenters. The van der Waals surface area contributed by atoms with Crippen molar-refractivity contribution in [2.75, 3.05) is 19.0 Å². The van der Waals surface area contributed by atoms with Crippen molar-refractivity contribution >= 4 is 21.6 Å². The van der Waals surface area contributed by atoms with Crippen LogP contribution in [0.2, 0.25) is 0 Å². The lowest BCUT2D eigenvalue weighted by Gasteiger charge is -2.10. The number of ether oxygens (including phenoxy) is 2. The normalized spacial score (nSPS) is 10.2. The lowest BCUT2D eigenvalue weighted by atomic mass is 10.2. The number of anilines is 1. The fourth-order valence-electron chi connectivity index (χ4n) is 1.90. The first-order valence-corrected chi connectivity index (χ1v) is 7.30. The molecule has 20 heavy (non-hydrogen) atoms. The highest BCUT2D eigenvalue weighted by molar-refractivity contribution is 9.10. The van der Waals surface area contributed by atoms with E-state index >= 15 is 0 Å². The molecule has 2 aromatic rings. The van der Waals surface area contributed by atoms with E-state index in [1.165, 1.54) is 5.56 Å². The van der Waals surface area contributed by atoms with Crippen molar-refractivity contribution in [2.45, 2.75) is 13.5 Å². The van der Waals surface area contributed by atoms with E-state index in [9.17, 15) is 0 Å². The van der Waals surface area contributed by atoms with Crippen LogP contribution in [0.15, 0.2) is 46.9 Å². The van der Waals surface area contributed by atoms with Crippen LogP contribution < -0.4 is 14.8 Å². The van der Waals surface area contributed by atoms with Gasteiger partial charge in [-0.1, -0.05) is 28.1 Å². The number of hydrogen-bond acceptors (Lipinski definition) is 3.